The van der Waals surface area contributed by atoms with Crippen LogP contribution in [0, 0.1) is 5.92 Å². The standard InChI is InChI=1S/C13H23N3OS.ClH/c1-4-10(3)8-16(5-2)13(17)11-9-18-12(15-11)6-7-14;/h9-10H,4-8,14H2,1-3H3;1H. The smallest absolute Gasteiger partial charge is 0.273 e. The molecule has 0 saturated heterocycles. The van der Waals surface area contributed by atoms with Crippen LogP contribution in [0.3, 0.4) is 0 Å². The van der Waals surface area contributed by atoms with Crippen LogP contribution in [0.5, 0.6) is 0 Å². The van der Waals surface area contributed by atoms with Crippen LogP contribution in [0.1, 0.15) is 42.7 Å². The summed E-state index contributed by atoms with van der Waals surface area (Å²) in [5.41, 5.74) is 6.05. The van der Waals surface area contributed by atoms with Gasteiger partial charge in [-0.05, 0) is 19.4 Å². The number of rotatable bonds is 7. The number of amides is 1. The number of halogens is 1. The van der Waals surface area contributed by atoms with Gasteiger partial charge in [0.05, 0.1) is 5.01 Å². The van der Waals surface area contributed by atoms with Crippen molar-refractivity contribution in [1.29, 1.82) is 0 Å². The fourth-order valence-electron chi connectivity index (χ4n) is 1.67. The number of nitrogens with two attached hydrogens (primary N) is 1. The van der Waals surface area contributed by atoms with Gasteiger partial charge in [0.15, 0.2) is 0 Å². The van der Waals surface area contributed by atoms with Crippen molar-refractivity contribution in [3.8, 4) is 0 Å². The van der Waals surface area contributed by atoms with Gasteiger partial charge in [0.2, 0.25) is 0 Å². The highest BCUT2D eigenvalue weighted by Gasteiger charge is 2.18. The SMILES string of the molecule is CCC(C)CN(CC)C(=O)c1csc(CCN)n1.Cl. The molecule has 0 saturated carbocycles. The first-order valence-corrected chi connectivity index (χ1v) is 7.44. The van der Waals surface area contributed by atoms with Crippen LogP contribution in [0.4, 0.5) is 0 Å². The van der Waals surface area contributed by atoms with Gasteiger partial charge in [-0.2, -0.15) is 0 Å². The highest BCUT2D eigenvalue weighted by atomic mass is 35.5. The molecule has 6 heteroatoms. The summed E-state index contributed by atoms with van der Waals surface area (Å²) in [5, 5.41) is 2.78. The van der Waals surface area contributed by atoms with Crippen LogP contribution in [0.25, 0.3) is 0 Å². The number of hydrogen-bond donors (Lipinski definition) is 1. The van der Waals surface area contributed by atoms with Crippen LogP contribution < -0.4 is 5.73 Å². The Hall–Kier alpha value is -0.650. The molecule has 19 heavy (non-hydrogen) atoms. The lowest BCUT2D eigenvalue weighted by atomic mass is 10.1. The molecule has 2 N–H and O–H groups in total. The highest BCUT2D eigenvalue weighted by molar-refractivity contribution is 7.09. The van der Waals surface area contributed by atoms with E-state index in [2.05, 4.69) is 18.8 Å². The molecule has 1 amide bonds. The Morgan fingerprint density at radius 3 is 2.74 bits per heavy atom. The van der Waals surface area contributed by atoms with Gasteiger partial charge in [-0.25, -0.2) is 4.98 Å². The highest BCUT2D eigenvalue weighted by Crippen LogP contribution is 2.14. The molecule has 0 spiro atoms. The van der Waals surface area contributed by atoms with Gasteiger partial charge in [-0.15, -0.1) is 23.7 Å². The van der Waals surface area contributed by atoms with E-state index in [1.54, 1.807) is 0 Å². The summed E-state index contributed by atoms with van der Waals surface area (Å²) < 4.78 is 0. The molecule has 1 heterocycles. The van der Waals surface area contributed by atoms with Crippen LogP contribution in [0.2, 0.25) is 0 Å². The summed E-state index contributed by atoms with van der Waals surface area (Å²) in [4.78, 5) is 18.5. The predicted octanol–water partition coefficient (Wildman–Crippen LogP) is 2.57. The molecule has 0 aliphatic heterocycles. The van der Waals surface area contributed by atoms with E-state index in [9.17, 15) is 4.79 Å². The Bertz CT molecular complexity index is 384. The molecule has 1 rings (SSSR count). The Balaban J connectivity index is 0.00000324. The average Bonchev–Trinajstić information content (AvgIpc) is 2.83. The molecule has 4 nitrogen and oxygen atoms in total. The lowest BCUT2D eigenvalue weighted by molar-refractivity contribution is 0.0735. The molecule has 0 bridgehead atoms. The number of carbonyl (C=O) groups excluding carboxylic acids is 1. The first-order valence-electron chi connectivity index (χ1n) is 6.56. The summed E-state index contributed by atoms with van der Waals surface area (Å²) in [5.74, 6) is 0.563. The van der Waals surface area contributed by atoms with Gasteiger partial charge in [-0.1, -0.05) is 20.3 Å². The fourth-order valence-corrected chi connectivity index (χ4v) is 2.46. The Morgan fingerprint density at radius 1 is 1.53 bits per heavy atom. The molecule has 0 aliphatic carbocycles. The van der Waals surface area contributed by atoms with Crippen molar-refractivity contribution in [2.75, 3.05) is 19.6 Å². The van der Waals surface area contributed by atoms with Crippen molar-refractivity contribution in [1.82, 2.24) is 9.88 Å². The zero-order chi connectivity index (χ0) is 13.5. The molecule has 110 valence electrons. The Kier molecular flexibility index (Phi) is 8.97. The van der Waals surface area contributed by atoms with E-state index in [0.29, 0.717) is 18.2 Å². The van der Waals surface area contributed by atoms with Gasteiger partial charge >= 0.3 is 0 Å². The van der Waals surface area contributed by atoms with Crippen molar-refractivity contribution >= 4 is 29.7 Å². The average molecular weight is 306 g/mol. The van der Waals surface area contributed by atoms with Crippen LogP contribution in [-0.2, 0) is 6.42 Å². The van der Waals surface area contributed by atoms with Gasteiger partial charge in [-0.3, -0.25) is 4.79 Å². The Morgan fingerprint density at radius 2 is 2.21 bits per heavy atom. The third kappa shape index (κ3) is 5.47. The first-order chi connectivity index (χ1) is 8.62. The predicted molar refractivity (Wildman–Crippen MR) is 83.2 cm³/mol. The summed E-state index contributed by atoms with van der Waals surface area (Å²) in [6.45, 7) is 8.42. The number of thiazole rings is 1. The van der Waals surface area contributed by atoms with E-state index in [-0.39, 0.29) is 18.3 Å². The van der Waals surface area contributed by atoms with E-state index in [1.165, 1.54) is 11.3 Å². The van der Waals surface area contributed by atoms with Gasteiger partial charge in [0, 0.05) is 24.9 Å². The van der Waals surface area contributed by atoms with E-state index in [1.807, 2.05) is 17.2 Å². The summed E-state index contributed by atoms with van der Waals surface area (Å²) in [6, 6.07) is 0. The monoisotopic (exact) mass is 305 g/mol. The molecule has 1 atom stereocenters. The van der Waals surface area contributed by atoms with E-state index in [0.717, 1.165) is 30.9 Å². The summed E-state index contributed by atoms with van der Waals surface area (Å²) in [6.07, 6.45) is 1.83. The maximum absolute atomic E-state index is 12.3. The largest absolute Gasteiger partial charge is 0.337 e. The maximum atomic E-state index is 12.3. The molecular weight excluding hydrogens is 282 g/mol. The minimum atomic E-state index is 0. The normalized spacial score (nSPS) is 11.8. The van der Waals surface area contributed by atoms with Gasteiger partial charge in [0.1, 0.15) is 5.69 Å². The molecule has 1 unspecified atom stereocenters. The van der Waals surface area contributed by atoms with E-state index >= 15 is 0 Å². The minimum Gasteiger partial charge on any atom is -0.337 e. The molecule has 0 aromatic carbocycles. The van der Waals surface area contributed by atoms with Crippen molar-refractivity contribution in [3.63, 3.8) is 0 Å². The second kappa shape index (κ2) is 9.28. The number of hydrogen-bond acceptors (Lipinski definition) is 4. The summed E-state index contributed by atoms with van der Waals surface area (Å²) in [7, 11) is 0. The molecular formula is C13H24ClN3OS. The Labute approximate surface area is 125 Å². The molecule has 0 aliphatic rings. The topological polar surface area (TPSA) is 59.2 Å². The quantitative estimate of drug-likeness (QED) is 0.842. The summed E-state index contributed by atoms with van der Waals surface area (Å²) >= 11 is 1.52. The van der Waals surface area contributed by atoms with Crippen molar-refractivity contribution in [3.05, 3.63) is 16.1 Å². The zero-order valence-corrected chi connectivity index (χ0v) is 13.5. The third-order valence-corrected chi connectivity index (χ3v) is 3.94. The first kappa shape index (κ1) is 18.4. The number of aromatic nitrogens is 1. The third-order valence-electron chi connectivity index (χ3n) is 3.03. The number of carbonyl (C=O) groups is 1. The van der Waals surface area contributed by atoms with Crippen molar-refractivity contribution in [2.24, 2.45) is 11.7 Å². The van der Waals surface area contributed by atoms with E-state index < -0.39 is 0 Å². The van der Waals surface area contributed by atoms with Crippen molar-refractivity contribution in [2.45, 2.75) is 33.6 Å². The van der Waals surface area contributed by atoms with Crippen LogP contribution in [0.15, 0.2) is 5.38 Å². The van der Waals surface area contributed by atoms with Gasteiger partial charge < -0.3 is 10.6 Å². The molecule has 1 aromatic heterocycles. The van der Waals surface area contributed by atoms with E-state index in [4.69, 9.17) is 5.73 Å². The number of nitrogens with zero attached hydrogens (tertiary/aromatic N) is 2. The molecule has 0 radical (unpaired) electrons. The van der Waals surface area contributed by atoms with Crippen LogP contribution in [-0.4, -0.2) is 35.4 Å². The zero-order valence-electron chi connectivity index (χ0n) is 11.9. The lowest BCUT2D eigenvalue weighted by Gasteiger charge is -2.23. The second-order valence-electron chi connectivity index (χ2n) is 4.52. The van der Waals surface area contributed by atoms with Crippen LogP contribution >= 0.6 is 23.7 Å². The maximum Gasteiger partial charge on any atom is 0.273 e. The fraction of sp³-hybridized carbons (Fsp3) is 0.692. The lowest BCUT2D eigenvalue weighted by Crippen LogP contribution is -2.34. The minimum absolute atomic E-state index is 0. The van der Waals surface area contributed by atoms with Crippen molar-refractivity contribution < 1.29 is 4.79 Å². The molecule has 0 fully saturated rings. The second-order valence-corrected chi connectivity index (χ2v) is 5.47. The van der Waals surface area contributed by atoms with Gasteiger partial charge in [0.25, 0.3) is 5.91 Å². The molecule has 1 aromatic rings.